The SMILES string of the molecule is COCc1cccc(C(O)C2=CCCCC2)c1. The summed E-state index contributed by atoms with van der Waals surface area (Å²) in [6.07, 6.45) is 6.32. The van der Waals surface area contributed by atoms with Crippen LogP contribution >= 0.6 is 0 Å². The van der Waals surface area contributed by atoms with Gasteiger partial charge in [-0.3, -0.25) is 0 Å². The molecule has 0 fully saturated rings. The first-order valence-electron chi connectivity index (χ1n) is 6.26. The quantitative estimate of drug-likeness (QED) is 0.806. The molecule has 1 N–H and O–H groups in total. The number of benzene rings is 1. The predicted octanol–water partition coefficient (Wildman–Crippen LogP) is 3.37. The minimum Gasteiger partial charge on any atom is -0.384 e. The third kappa shape index (κ3) is 3.18. The highest BCUT2D eigenvalue weighted by Crippen LogP contribution is 2.29. The van der Waals surface area contributed by atoms with E-state index in [2.05, 4.69) is 6.08 Å². The fraction of sp³-hybridized carbons (Fsp3) is 0.467. The molecule has 17 heavy (non-hydrogen) atoms. The zero-order chi connectivity index (χ0) is 12.1. The molecule has 0 spiro atoms. The third-order valence-electron chi connectivity index (χ3n) is 3.26. The average Bonchev–Trinajstić information content (AvgIpc) is 2.40. The molecule has 0 saturated heterocycles. The third-order valence-corrected chi connectivity index (χ3v) is 3.26. The van der Waals surface area contributed by atoms with Gasteiger partial charge in [-0.15, -0.1) is 0 Å². The van der Waals surface area contributed by atoms with Gasteiger partial charge in [0.15, 0.2) is 0 Å². The van der Waals surface area contributed by atoms with E-state index in [0.717, 1.165) is 24.0 Å². The Morgan fingerprint density at radius 3 is 2.94 bits per heavy atom. The lowest BCUT2D eigenvalue weighted by atomic mass is 9.91. The van der Waals surface area contributed by atoms with Crippen LogP contribution in [0.4, 0.5) is 0 Å². The number of hydrogen-bond donors (Lipinski definition) is 1. The standard InChI is InChI=1S/C15H20O2/c1-17-11-12-6-5-9-14(10-12)15(16)13-7-3-2-4-8-13/h5-7,9-10,15-16H,2-4,8,11H2,1H3. The molecule has 0 bridgehead atoms. The second-order valence-corrected chi connectivity index (χ2v) is 4.61. The summed E-state index contributed by atoms with van der Waals surface area (Å²) in [5.41, 5.74) is 3.26. The number of hydrogen-bond acceptors (Lipinski definition) is 2. The van der Waals surface area contributed by atoms with Gasteiger partial charge >= 0.3 is 0 Å². The largest absolute Gasteiger partial charge is 0.384 e. The van der Waals surface area contributed by atoms with Crippen molar-refractivity contribution in [2.75, 3.05) is 7.11 Å². The summed E-state index contributed by atoms with van der Waals surface area (Å²) < 4.78 is 5.11. The molecule has 1 unspecified atom stereocenters. The summed E-state index contributed by atoms with van der Waals surface area (Å²) in [4.78, 5) is 0. The Kier molecular flexibility index (Phi) is 4.35. The maximum absolute atomic E-state index is 10.3. The maximum atomic E-state index is 10.3. The molecule has 1 aliphatic carbocycles. The molecule has 0 saturated carbocycles. The zero-order valence-corrected chi connectivity index (χ0v) is 10.4. The van der Waals surface area contributed by atoms with Crippen molar-refractivity contribution in [3.63, 3.8) is 0 Å². The first-order chi connectivity index (χ1) is 8.31. The van der Waals surface area contributed by atoms with E-state index in [1.54, 1.807) is 7.11 Å². The number of methoxy groups -OCH3 is 1. The number of ether oxygens (including phenoxy) is 1. The summed E-state index contributed by atoms with van der Waals surface area (Å²) in [6, 6.07) is 8.02. The molecule has 0 amide bonds. The predicted molar refractivity (Wildman–Crippen MR) is 68.7 cm³/mol. The van der Waals surface area contributed by atoms with Gasteiger partial charge in [0, 0.05) is 7.11 Å². The molecule has 1 aromatic rings. The van der Waals surface area contributed by atoms with Gasteiger partial charge in [0.2, 0.25) is 0 Å². The molecule has 2 nitrogen and oxygen atoms in total. The van der Waals surface area contributed by atoms with E-state index in [0.29, 0.717) is 6.61 Å². The van der Waals surface area contributed by atoms with Crippen LogP contribution in [0.15, 0.2) is 35.9 Å². The monoisotopic (exact) mass is 232 g/mol. The molecule has 0 aliphatic heterocycles. The Labute approximate surface area is 103 Å². The lowest BCUT2D eigenvalue weighted by Crippen LogP contribution is -2.05. The Morgan fingerprint density at radius 2 is 2.24 bits per heavy atom. The molecule has 1 atom stereocenters. The minimum absolute atomic E-state index is 0.438. The van der Waals surface area contributed by atoms with Crippen molar-refractivity contribution in [1.29, 1.82) is 0 Å². The first kappa shape index (κ1) is 12.3. The molecular weight excluding hydrogens is 212 g/mol. The van der Waals surface area contributed by atoms with Crippen LogP contribution in [0.2, 0.25) is 0 Å². The molecule has 2 rings (SSSR count). The zero-order valence-electron chi connectivity index (χ0n) is 10.4. The molecule has 0 heterocycles. The summed E-state index contributed by atoms with van der Waals surface area (Å²) >= 11 is 0. The van der Waals surface area contributed by atoms with Gasteiger partial charge in [0.25, 0.3) is 0 Å². The van der Waals surface area contributed by atoms with Crippen LogP contribution in [0.25, 0.3) is 0 Å². The highest BCUT2D eigenvalue weighted by atomic mass is 16.5. The first-order valence-corrected chi connectivity index (χ1v) is 6.26. The van der Waals surface area contributed by atoms with Gasteiger partial charge in [-0.1, -0.05) is 30.3 Å². The van der Waals surface area contributed by atoms with Crippen LogP contribution in [-0.4, -0.2) is 12.2 Å². The molecular formula is C15H20O2. The van der Waals surface area contributed by atoms with Gasteiger partial charge in [-0.05, 0) is 42.4 Å². The second-order valence-electron chi connectivity index (χ2n) is 4.61. The summed E-state index contributed by atoms with van der Waals surface area (Å²) in [7, 11) is 1.69. The number of aliphatic hydroxyl groups excluding tert-OH is 1. The number of aliphatic hydroxyl groups is 1. The van der Waals surface area contributed by atoms with Gasteiger partial charge in [-0.25, -0.2) is 0 Å². The van der Waals surface area contributed by atoms with Crippen LogP contribution in [0, 0.1) is 0 Å². The molecule has 92 valence electrons. The smallest absolute Gasteiger partial charge is 0.100 e. The number of rotatable bonds is 4. The topological polar surface area (TPSA) is 29.5 Å². The van der Waals surface area contributed by atoms with Crippen LogP contribution < -0.4 is 0 Å². The van der Waals surface area contributed by atoms with E-state index in [4.69, 9.17) is 4.74 Å². The van der Waals surface area contributed by atoms with Crippen molar-refractivity contribution in [3.8, 4) is 0 Å². The minimum atomic E-state index is -0.438. The molecule has 0 radical (unpaired) electrons. The average molecular weight is 232 g/mol. The molecule has 2 heteroatoms. The van der Waals surface area contributed by atoms with Crippen LogP contribution in [0.1, 0.15) is 42.9 Å². The molecule has 1 aliphatic rings. The Hall–Kier alpha value is -1.12. The Bertz CT molecular complexity index is 396. The Morgan fingerprint density at radius 1 is 1.35 bits per heavy atom. The summed E-state index contributed by atoms with van der Waals surface area (Å²) in [6.45, 7) is 0.597. The van der Waals surface area contributed by atoms with Crippen molar-refractivity contribution in [2.45, 2.75) is 38.4 Å². The highest BCUT2D eigenvalue weighted by molar-refractivity contribution is 5.30. The van der Waals surface area contributed by atoms with Crippen LogP contribution in [0.5, 0.6) is 0 Å². The second kappa shape index (κ2) is 5.99. The summed E-state index contributed by atoms with van der Waals surface area (Å²) in [5, 5.41) is 10.3. The van der Waals surface area contributed by atoms with E-state index >= 15 is 0 Å². The highest BCUT2D eigenvalue weighted by Gasteiger charge is 2.15. The van der Waals surface area contributed by atoms with E-state index in [-0.39, 0.29) is 0 Å². The van der Waals surface area contributed by atoms with Gasteiger partial charge in [-0.2, -0.15) is 0 Å². The lowest BCUT2D eigenvalue weighted by molar-refractivity contribution is 0.183. The van der Waals surface area contributed by atoms with Crippen molar-refractivity contribution < 1.29 is 9.84 Å². The maximum Gasteiger partial charge on any atom is 0.100 e. The van der Waals surface area contributed by atoms with Crippen LogP contribution in [-0.2, 0) is 11.3 Å². The van der Waals surface area contributed by atoms with E-state index in [9.17, 15) is 5.11 Å². The van der Waals surface area contributed by atoms with Crippen molar-refractivity contribution in [3.05, 3.63) is 47.0 Å². The van der Waals surface area contributed by atoms with E-state index in [1.165, 1.54) is 18.4 Å². The molecule has 0 aromatic heterocycles. The fourth-order valence-corrected chi connectivity index (χ4v) is 2.35. The van der Waals surface area contributed by atoms with Gasteiger partial charge in [0.1, 0.15) is 6.10 Å². The van der Waals surface area contributed by atoms with E-state index in [1.807, 2.05) is 24.3 Å². The van der Waals surface area contributed by atoms with Crippen LogP contribution in [0.3, 0.4) is 0 Å². The summed E-state index contributed by atoms with van der Waals surface area (Å²) in [5.74, 6) is 0. The number of allylic oxidation sites excluding steroid dienone is 1. The van der Waals surface area contributed by atoms with Crippen molar-refractivity contribution in [1.82, 2.24) is 0 Å². The van der Waals surface area contributed by atoms with Gasteiger partial charge in [0.05, 0.1) is 6.61 Å². The van der Waals surface area contributed by atoms with E-state index < -0.39 is 6.10 Å². The normalized spacial score (nSPS) is 17.6. The van der Waals surface area contributed by atoms with Crippen molar-refractivity contribution >= 4 is 0 Å². The lowest BCUT2D eigenvalue weighted by Gasteiger charge is -2.19. The van der Waals surface area contributed by atoms with Crippen molar-refractivity contribution in [2.24, 2.45) is 0 Å². The fourth-order valence-electron chi connectivity index (χ4n) is 2.35. The Balaban J connectivity index is 2.15. The van der Waals surface area contributed by atoms with Gasteiger partial charge < -0.3 is 9.84 Å². The molecule has 1 aromatic carbocycles.